The van der Waals surface area contributed by atoms with E-state index in [-0.39, 0.29) is 10.8 Å². The fourth-order valence-corrected chi connectivity index (χ4v) is 3.02. The van der Waals surface area contributed by atoms with Crippen LogP contribution in [-0.2, 0) is 19.4 Å². The van der Waals surface area contributed by atoms with Crippen molar-refractivity contribution in [2.24, 2.45) is 0 Å². The molecule has 0 aliphatic carbocycles. The number of rotatable bonds is 5. The summed E-state index contributed by atoms with van der Waals surface area (Å²) < 4.78 is 29.0. The molecule has 2 rings (SSSR count). The molecule has 0 spiro atoms. The number of sulfone groups is 1. The van der Waals surface area contributed by atoms with Gasteiger partial charge in [-0.1, -0.05) is 23.8 Å². The molecule has 0 saturated carbocycles. The fraction of sp³-hybridized carbons (Fsp3) is 0.357. The third-order valence-corrected chi connectivity index (χ3v) is 4.64. The van der Waals surface area contributed by atoms with Crippen LogP contribution in [0.4, 0.5) is 0 Å². The molecule has 1 aliphatic rings. The third kappa shape index (κ3) is 3.91. The molecule has 0 aromatic heterocycles. The van der Waals surface area contributed by atoms with Crippen molar-refractivity contribution in [3.8, 4) is 0 Å². The van der Waals surface area contributed by atoms with E-state index >= 15 is 0 Å². The number of nitrogens with one attached hydrogen (secondary N) is 1. The van der Waals surface area contributed by atoms with Gasteiger partial charge < -0.3 is 10.1 Å². The first-order chi connectivity index (χ1) is 9.62. The molecule has 0 bridgehead atoms. The Hall–Kier alpha value is -1.66. The molecule has 108 valence electrons. The van der Waals surface area contributed by atoms with E-state index in [1.807, 2.05) is 0 Å². The first kappa shape index (κ1) is 14.7. The minimum absolute atomic E-state index is 0.209. The second kappa shape index (κ2) is 6.67. The van der Waals surface area contributed by atoms with Crippen LogP contribution in [-0.4, -0.2) is 33.9 Å². The van der Waals surface area contributed by atoms with Gasteiger partial charge in [-0.3, -0.25) is 4.79 Å². The first-order valence-electron chi connectivity index (χ1n) is 6.39. The van der Waals surface area contributed by atoms with Gasteiger partial charge in [0.25, 0.3) is 0 Å². The van der Waals surface area contributed by atoms with Crippen molar-refractivity contribution < 1.29 is 17.9 Å². The Morgan fingerprint density at radius 3 is 2.40 bits per heavy atom. The Morgan fingerprint density at radius 1 is 1.15 bits per heavy atom. The highest BCUT2D eigenvalue weighted by molar-refractivity contribution is 7.91. The highest BCUT2D eigenvalue weighted by Gasteiger charge is 2.13. The van der Waals surface area contributed by atoms with Crippen molar-refractivity contribution >= 4 is 22.3 Å². The summed E-state index contributed by atoms with van der Waals surface area (Å²) in [5.41, 5.74) is 2.29. The normalized spacial score (nSPS) is 15.7. The molecule has 1 heterocycles. The lowest BCUT2D eigenvalue weighted by molar-refractivity contribution is -0.109. The third-order valence-electron chi connectivity index (χ3n) is 3.10. The zero-order valence-electron chi connectivity index (χ0n) is 11.0. The molecular formula is C14H17NO4S. The molecule has 1 saturated heterocycles. The molecule has 1 fully saturated rings. The van der Waals surface area contributed by atoms with Gasteiger partial charge in [-0.15, -0.1) is 0 Å². The average Bonchev–Trinajstić information content (AvgIpc) is 2.47. The summed E-state index contributed by atoms with van der Waals surface area (Å²) in [6.07, 6.45) is 4.29. The smallest absolute Gasteiger partial charge is 0.207 e. The molecule has 1 amide bonds. The van der Waals surface area contributed by atoms with Crippen molar-refractivity contribution in [3.05, 3.63) is 35.4 Å². The maximum atomic E-state index is 11.8. The van der Waals surface area contributed by atoms with Crippen LogP contribution < -0.4 is 5.32 Å². The van der Waals surface area contributed by atoms with Gasteiger partial charge in [0.15, 0.2) is 9.84 Å². The molecule has 1 aliphatic heterocycles. The number of hydrogen-bond acceptors (Lipinski definition) is 4. The van der Waals surface area contributed by atoms with E-state index in [4.69, 9.17) is 4.74 Å². The number of ether oxygens (including phenoxy) is 1. The van der Waals surface area contributed by atoms with Gasteiger partial charge in [0.05, 0.1) is 18.1 Å². The molecule has 5 nitrogen and oxygen atoms in total. The maximum Gasteiger partial charge on any atom is 0.207 e. The van der Waals surface area contributed by atoms with Gasteiger partial charge in [-0.05, 0) is 30.5 Å². The van der Waals surface area contributed by atoms with E-state index in [9.17, 15) is 13.2 Å². The summed E-state index contributed by atoms with van der Waals surface area (Å²) in [5.74, 6) is -0.381. The Labute approximate surface area is 118 Å². The van der Waals surface area contributed by atoms with Crippen molar-refractivity contribution in [1.29, 1.82) is 0 Å². The standard InChI is InChI=1S/C14H17NO4S/c16-10-15-11-20(17,18)14-3-1-12(2-4-14)9-13-5-7-19-8-6-13/h1-4,9-10H,5-8,11H2,(H,15,16). The second-order valence-corrected chi connectivity index (χ2v) is 6.55. The van der Waals surface area contributed by atoms with Gasteiger partial charge in [0.2, 0.25) is 6.41 Å². The van der Waals surface area contributed by atoms with E-state index in [0.717, 1.165) is 31.6 Å². The number of carbonyl (C=O) groups excluding carboxylic acids is 1. The van der Waals surface area contributed by atoms with Crippen LogP contribution in [0, 0.1) is 0 Å². The lowest BCUT2D eigenvalue weighted by atomic mass is 10.0. The van der Waals surface area contributed by atoms with E-state index in [1.165, 1.54) is 5.57 Å². The van der Waals surface area contributed by atoms with Crippen LogP contribution in [0.25, 0.3) is 6.08 Å². The number of benzene rings is 1. The summed E-state index contributed by atoms with van der Waals surface area (Å²) in [4.78, 5) is 10.4. The molecule has 1 N–H and O–H groups in total. The number of carbonyl (C=O) groups is 1. The number of amides is 1. The highest BCUT2D eigenvalue weighted by Crippen LogP contribution is 2.19. The summed E-state index contributed by atoms with van der Waals surface area (Å²) in [7, 11) is -3.46. The minimum Gasteiger partial charge on any atom is -0.381 e. The average molecular weight is 295 g/mol. The number of hydrogen-bond donors (Lipinski definition) is 1. The van der Waals surface area contributed by atoms with E-state index in [2.05, 4.69) is 11.4 Å². The molecule has 6 heteroatoms. The van der Waals surface area contributed by atoms with Gasteiger partial charge in [0, 0.05) is 0 Å². The van der Waals surface area contributed by atoms with Crippen molar-refractivity contribution in [2.45, 2.75) is 17.7 Å². The van der Waals surface area contributed by atoms with Crippen molar-refractivity contribution in [3.63, 3.8) is 0 Å². The lowest BCUT2D eigenvalue weighted by Gasteiger charge is -2.14. The molecule has 20 heavy (non-hydrogen) atoms. The lowest BCUT2D eigenvalue weighted by Crippen LogP contribution is -2.21. The van der Waals surface area contributed by atoms with E-state index < -0.39 is 9.84 Å². The van der Waals surface area contributed by atoms with Gasteiger partial charge >= 0.3 is 0 Å². The predicted molar refractivity (Wildman–Crippen MR) is 75.7 cm³/mol. The van der Waals surface area contributed by atoms with E-state index in [0.29, 0.717) is 6.41 Å². The molecule has 0 atom stereocenters. The molecular weight excluding hydrogens is 278 g/mol. The summed E-state index contributed by atoms with van der Waals surface area (Å²) >= 11 is 0. The van der Waals surface area contributed by atoms with E-state index in [1.54, 1.807) is 24.3 Å². The van der Waals surface area contributed by atoms with Crippen molar-refractivity contribution in [1.82, 2.24) is 5.32 Å². The van der Waals surface area contributed by atoms with Crippen LogP contribution >= 0.6 is 0 Å². The van der Waals surface area contributed by atoms with Crippen LogP contribution in [0.2, 0.25) is 0 Å². The Kier molecular flexibility index (Phi) is 4.92. The SMILES string of the molecule is O=CNCS(=O)(=O)c1ccc(C=C2CCOCC2)cc1. The van der Waals surface area contributed by atoms with Crippen LogP contribution in [0.5, 0.6) is 0 Å². The molecule has 1 aromatic carbocycles. The van der Waals surface area contributed by atoms with Crippen LogP contribution in [0.1, 0.15) is 18.4 Å². The topological polar surface area (TPSA) is 72.5 Å². The maximum absolute atomic E-state index is 11.8. The molecule has 0 radical (unpaired) electrons. The second-order valence-electron chi connectivity index (χ2n) is 4.57. The molecule has 1 aromatic rings. The Morgan fingerprint density at radius 2 is 1.80 bits per heavy atom. The van der Waals surface area contributed by atoms with Gasteiger partial charge in [-0.2, -0.15) is 0 Å². The zero-order valence-corrected chi connectivity index (χ0v) is 11.9. The molecule has 0 unspecified atom stereocenters. The quantitative estimate of drug-likeness (QED) is 0.832. The fourth-order valence-electron chi connectivity index (χ4n) is 2.01. The Balaban J connectivity index is 2.11. The summed E-state index contributed by atoms with van der Waals surface area (Å²) in [6.45, 7) is 1.49. The summed E-state index contributed by atoms with van der Waals surface area (Å²) in [6, 6.07) is 6.67. The van der Waals surface area contributed by atoms with Crippen LogP contribution in [0.3, 0.4) is 0 Å². The summed E-state index contributed by atoms with van der Waals surface area (Å²) in [5, 5.41) is 2.17. The van der Waals surface area contributed by atoms with Crippen LogP contribution in [0.15, 0.2) is 34.7 Å². The van der Waals surface area contributed by atoms with Gasteiger partial charge in [-0.25, -0.2) is 8.42 Å². The Bertz CT molecular complexity index is 582. The monoisotopic (exact) mass is 295 g/mol. The predicted octanol–water partition coefficient (Wildman–Crippen LogP) is 1.36. The first-order valence-corrected chi connectivity index (χ1v) is 8.04. The van der Waals surface area contributed by atoms with Crippen molar-refractivity contribution in [2.75, 3.05) is 19.1 Å². The van der Waals surface area contributed by atoms with Gasteiger partial charge in [0.1, 0.15) is 5.88 Å². The largest absolute Gasteiger partial charge is 0.381 e. The zero-order chi connectivity index (χ0) is 14.4. The minimum atomic E-state index is -3.46. The highest BCUT2D eigenvalue weighted by atomic mass is 32.2.